The zero-order valence-corrected chi connectivity index (χ0v) is 38.8. The van der Waals surface area contributed by atoms with Gasteiger partial charge in [-0.2, -0.15) is 5.26 Å². The van der Waals surface area contributed by atoms with Crippen LogP contribution in [0.5, 0.6) is 0 Å². The lowest BCUT2D eigenvalue weighted by Crippen LogP contribution is -2.03. The fourth-order valence-corrected chi connectivity index (χ4v) is 10.4. The third kappa shape index (κ3) is 7.19. The number of fused-ring (bicyclic) bond motifs is 6. The zero-order chi connectivity index (χ0) is 48.1. The van der Waals surface area contributed by atoms with E-state index in [0.717, 1.165) is 116 Å². The molecular formula is C66H40N6. The van der Waals surface area contributed by atoms with Gasteiger partial charge in [-0.05, 0) is 101 Å². The number of benzene rings is 10. The first-order chi connectivity index (χ1) is 35.6. The van der Waals surface area contributed by atoms with Crippen LogP contribution in [0.2, 0.25) is 0 Å². The first kappa shape index (κ1) is 42.0. The Morgan fingerprint density at radius 2 is 0.819 bits per heavy atom. The van der Waals surface area contributed by atoms with E-state index in [1.54, 1.807) is 0 Å². The summed E-state index contributed by atoms with van der Waals surface area (Å²) in [6.07, 6.45) is 0. The van der Waals surface area contributed by atoms with Crippen LogP contribution in [0.15, 0.2) is 243 Å². The van der Waals surface area contributed by atoms with Crippen molar-refractivity contribution in [3.63, 3.8) is 0 Å². The van der Waals surface area contributed by atoms with Gasteiger partial charge in [-0.15, -0.1) is 0 Å². The molecular weight excluding hydrogens is 877 g/mol. The van der Waals surface area contributed by atoms with E-state index in [-0.39, 0.29) is 0 Å². The van der Waals surface area contributed by atoms with Gasteiger partial charge in [0.25, 0.3) is 0 Å². The second kappa shape index (κ2) is 17.4. The van der Waals surface area contributed by atoms with Crippen LogP contribution >= 0.6 is 0 Å². The monoisotopic (exact) mass is 916 g/mol. The van der Waals surface area contributed by atoms with E-state index in [2.05, 4.69) is 178 Å². The summed E-state index contributed by atoms with van der Waals surface area (Å²) in [5.41, 5.74) is 18.6. The van der Waals surface area contributed by atoms with Crippen molar-refractivity contribution in [1.29, 1.82) is 5.26 Å². The van der Waals surface area contributed by atoms with Crippen LogP contribution in [0.4, 0.5) is 5.69 Å². The maximum atomic E-state index is 9.52. The fourth-order valence-electron chi connectivity index (χ4n) is 10.4. The molecule has 3 heterocycles. The summed E-state index contributed by atoms with van der Waals surface area (Å²) in [7, 11) is 0. The van der Waals surface area contributed by atoms with Gasteiger partial charge in [0.1, 0.15) is 0 Å². The fraction of sp³-hybridized carbons (Fsp3) is 0. The molecule has 0 atom stereocenters. The highest BCUT2D eigenvalue weighted by molar-refractivity contribution is 6.13. The number of nitriles is 1. The van der Waals surface area contributed by atoms with E-state index >= 15 is 0 Å². The van der Waals surface area contributed by atoms with Gasteiger partial charge in [-0.3, -0.25) is 0 Å². The predicted octanol–water partition coefficient (Wildman–Crippen LogP) is 17.1. The third-order valence-corrected chi connectivity index (χ3v) is 13.8. The maximum Gasteiger partial charge on any atom is 0.187 e. The summed E-state index contributed by atoms with van der Waals surface area (Å²) < 4.78 is 4.80. The summed E-state index contributed by atoms with van der Waals surface area (Å²) in [6.45, 7) is 7.51. The quantitative estimate of drug-likeness (QED) is 0.143. The van der Waals surface area contributed by atoms with Crippen LogP contribution in [0.1, 0.15) is 5.56 Å². The average Bonchev–Trinajstić information content (AvgIpc) is 3.97. The van der Waals surface area contributed by atoms with Gasteiger partial charge in [0.15, 0.2) is 11.5 Å². The van der Waals surface area contributed by atoms with Gasteiger partial charge in [0.2, 0.25) is 0 Å². The van der Waals surface area contributed by atoms with Gasteiger partial charge >= 0.3 is 0 Å². The molecule has 13 rings (SSSR count). The molecule has 0 aliphatic heterocycles. The smallest absolute Gasteiger partial charge is 0.187 e. The van der Waals surface area contributed by atoms with Crippen LogP contribution in [0.25, 0.3) is 127 Å². The summed E-state index contributed by atoms with van der Waals surface area (Å²) >= 11 is 0. The Morgan fingerprint density at radius 1 is 0.361 bits per heavy atom. The van der Waals surface area contributed by atoms with Crippen molar-refractivity contribution in [2.24, 2.45) is 0 Å². The number of aromatic nitrogens is 4. The number of rotatable bonds is 8. The molecule has 3 aromatic heterocycles. The molecule has 10 aromatic carbocycles. The first-order valence-electron chi connectivity index (χ1n) is 23.9. The second-order valence-corrected chi connectivity index (χ2v) is 18.0. The minimum absolute atomic E-state index is 0.620. The SMILES string of the molecule is [C-]#[N+]c1ccc(-c2ccc3c(c2)c2ccccc2n3-c2ccc(-c3nc(-c4ccccc4)cc(-c4ccccc4)n3)cc2-c2ccccc2-n2c3ccccc3c3cc(-c4ccc(C#N)cc4)ccc32)cc1. The molecule has 6 heteroatoms. The van der Waals surface area contributed by atoms with Crippen molar-refractivity contribution in [3.05, 3.63) is 260 Å². The summed E-state index contributed by atoms with van der Waals surface area (Å²) in [5, 5.41) is 14.1. The summed E-state index contributed by atoms with van der Waals surface area (Å²) in [4.78, 5) is 14.3. The molecule has 0 N–H and O–H groups in total. The number of hydrogen-bond donors (Lipinski definition) is 0. The minimum atomic E-state index is 0.620. The second-order valence-electron chi connectivity index (χ2n) is 18.0. The lowest BCUT2D eigenvalue weighted by atomic mass is 9.97. The molecule has 0 radical (unpaired) electrons. The van der Waals surface area contributed by atoms with Crippen molar-refractivity contribution in [3.8, 4) is 84.7 Å². The molecule has 13 aromatic rings. The number of nitrogens with zero attached hydrogens (tertiary/aromatic N) is 6. The first-order valence-corrected chi connectivity index (χ1v) is 23.9. The van der Waals surface area contributed by atoms with Gasteiger partial charge in [0.05, 0.1) is 63.0 Å². The van der Waals surface area contributed by atoms with Gasteiger partial charge in [0, 0.05) is 49.4 Å². The van der Waals surface area contributed by atoms with Crippen LogP contribution in [0.3, 0.4) is 0 Å². The molecule has 0 aliphatic rings. The lowest BCUT2D eigenvalue weighted by Gasteiger charge is -2.20. The zero-order valence-electron chi connectivity index (χ0n) is 38.8. The molecule has 72 heavy (non-hydrogen) atoms. The molecule has 0 saturated carbocycles. The van der Waals surface area contributed by atoms with Crippen LogP contribution < -0.4 is 0 Å². The van der Waals surface area contributed by atoms with E-state index in [1.165, 1.54) is 0 Å². The Bertz CT molecular complexity index is 4270. The Kier molecular flexibility index (Phi) is 10.2. The average molecular weight is 917 g/mol. The topological polar surface area (TPSA) is 63.8 Å². The van der Waals surface area contributed by atoms with Crippen molar-refractivity contribution < 1.29 is 0 Å². The van der Waals surface area contributed by atoms with Gasteiger partial charge in [-0.25, -0.2) is 14.8 Å². The molecule has 0 bridgehead atoms. The lowest BCUT2D eigenvalue weighted by molar-refractivity contribution is 1.15. The number of hydrogen-bond acceptors (Lipinski definition) is 3. The van der Waals surface area contributed by atoms with E-state index < -0.39 is 0 Å². The Labute approximate surface area is 416 Å². The molecule has 0 saturated heterocycles. The van der Waals surface area contributed by atoms with E-state index in [9.17, 15) is 5.26 Å². The molecule has 6 nitrogen and oxygen atoms in total. The largest absolute Gasteiger partial charge is 0.309 e. The molecule has 0 amide bonds. The number of para-hydroxylation sites is 3. The minimum Gasteiger partial charge on any atom is -0.309 e. The van der Waals surface area contributed by atoms with Crippen LogP contribution in [-0.4, -0.2) is 19.1 Å². The highest BCUT2D eigenvalue weighted by Crippen LogP contribution is 2.44. The highest BCUT2D eigenvalue weighted by atomic mass is 15.0. The predicted molar refractivity (Wildman–Crippen MR) is 294 cm³/mol. The Hall–Kier alpha value is -10.1. The van der Waals surface area contributed by atoms with E-state index in [4.69, 9.17) is 16.5 Å². The maximum absolute atomic E-state index is 9.52. The Morgan fingerprint density at radius 3 is 1.38 bits per heavy atom. The van der Waals surface area contributed by atoms with Crippen LogP contribution in [0, 0.1) is 17.9 Å². The molecule has 0 unspecified atom stereocenters. The van der Waals surface area contributed by atoms with Crippen molar-refractivity contribution in [2.75, 3.05) is 0 Å². The summed E-state index contributed by atoms with van der Waals surface area (Å²) in [5.74, 6) is 0.629. The van der Waals surface area contributed by atoms with Crippen molar-refractivity contribution in [2.45, 2.75) is 0 Å². The van der Waals surface area contributed by atoms with E-state index in [0.29, 0.717) is 17.1 Å². The molecule has 0 fully saturated rings. The van der Waals surface area contributed by atoms with Crippen molar-refractivity contribution >= 4 is 49.3 Å². The third-order valence-electron chi connectivity index (χ3n) is 13.8. The standard InChI is InChI=1S/C66H40N6/c1-68-51-33-28-45(29-34-51)49-31-36-64-56(39-49)53-19-9-13-23-62(53)72(64)65-37-32-50(66-69-58(46-14-4-2-5-15-46)41-59(70-66)47-16-6-3-7-17-47)40-57(65)54-20-10-12-22-61(54)71-60-21-11-8-18-52(60)55-38-48(30-35-63(55)71)44-26-24-43(42-67)25-27-44/h2-41H. The molecule has 0 aliphatic carbocycles. The van der Waals surface area contributed by atoms with Crippen LogP contribution in [-0.2, 0) is 0 Å². The van der Waals surface area contributed by atoms with Crippen molar-refractivity contribution in [1.82, 2.24) is 19.1 Å². The summed E-state index contributed by atoms with van der Waals surface area (Å²) in [6, 6.07) is 86.6. The van der Waals surface area contributed by atoms with Gasteiger partial charge in [-0.1, -0.05) is 164 Å². The highest BCUT2D eigenvalue weighted by Gasteiger charge is 2.23. The normalized spacial score (nSPS) is 11.3. The molecule has 0 spiro atoms. The Balaban J connectivity index is 1.07. The van der Waals surface area contributed by atoms with Gasteiger partial charge < -0.3 is 9.13 Å². The van der Waals surface area contributed by atoms with E-state index in [1.807, 2.05) is 84.9 Å². The molecule has 334 valence electrons.